The van der Waals surface area contributed by atoms with Crippen LogP contribution in [0.15, 0.2) is 39.0 Å². The van der Waals surface area contributed by atoms with Crippen LogP contribution in [0.4, 0.5) is 0 Å². The molecule has 3 rings (SSSR count). The number of rotatable bonds is 3. The van der Waals surface area contributed by atoms with E-state index < -0.39 is 10.0 Å². The molecule has 5 nitrogen and oxygen atoms in total. The van der Waals surface area contributed by atoms with Gasteiger partial charge < -0.3 is 4.90 Å². The average Bonchev–Trinajstić information content (AvgIpc) is 3.03. The van der Waals surface area contributed by atoms with Crippen molar-refractivity contribution in [1.82, 2.24) is 9.21 Å². The lowest BCUT2D eigenvalue weighted by atomic mass is 10.2. The van der Waals surface area contributed by atoms with E-state index in [1.807, 2.05) is 25.1 Å². The van der Waals surface area contributed by atoms with Crippen molar-refractivity contribution < 1.29 is 13.2 Å². The third-order valence-corrected chi connectivity index (χ3v) is 7.92. The highest BCUT2D eigenvalue weighted by molar-refractivity contribution is 9.11. The van der Waals surface area contributed by atoms with Crippen molar-refractivity contribution in [3.05, 3.63) is 50.1 Å². The molecule has 1 amide bonds. The minimum Gasteiger partial charge on any atom is -0.335 e. The maximum atomic E-state index is 12.9. The maximum Gasteiger partial charge on any atom is 0.264 e. The predicted molar refractivity (Wildman–Crippen MR) is 103 cm³/mol. The first kappa shape index (κ1) is 18.6. The van der Waals surface area contributed by atoms with Gasteiger partial charge in [-0.1, -0.05) is 12.1 Å². The molecule has 1 aromatic carbocycles. The third-order valence-electron chi connectivity index (χ3n) is 4.27. The Morgan fingerprint density at radius 3 is 2.36 bits per heavy atom. The lowest BCUT2D eigenvalue weighted by molar-refractivity contribution is 0.0703. The molecule has 134 valence electrons. The van der Waals surface area contributed by atoms with E-state index >= 15 is 0 Å². The monoisotopic (exact) mass is 442 g/mol. The number of sulfonamides is 1. The Balaban J connectivity index is 1.73. The predicted octanol–water partition coefficient (Wildman–Crippen LogP) is 3.27. The van der Waals surface area contributed by atoms with Gasteiger partial charge >= 0.3 is 0 Å². The molecule has 0 spiro atoms. The van der Waals surface area contributed by atoms with Gasteiger partial charge in [-0.05, 0) is 59.1 Å². The highest BCUT2D eigenvalue weighted by atomic mass is 79.9. The summed E-state index contributed by atoms with van der Waals surface area (Å²) in [5.74, 6) is -0.0421. The number of benzene rings is 1. The van der Waals surface area contributed by atoms with E-state index in [0.717, 1.165) is 14.9 Å². The molecule has 1 aliphatic rings. The fourth-order valence-corrected chi connectivity index (χ4v) is 5.93. The second-order valence-electron chi connectivity index (χ2n) is 6.07. The van der Waals surface area contributed by atoms with E-state index in [9.17, 15) is 13.2 Å². The number of hydrogen-bond donors (Lipinski definition) is 0. The zero-order valence-corrected chi connectivity index (χ0v) is 17.2. The summed E-state index contributed by atoms with van der Waals surface area (Å²) in [5.41, 5.74) is 1.66. The summed E-state index contributed by atoms with van der Waals surface area (Å²) in [6.45, 7) is 5.12. The van der Waals surface area contributed by atoms with Crippen molar-refractivity contribution in [2.75, 3.05) is 26.2 Å². The van der Waals surface area contributed by atoms with Gasteiger partial charge in [0.2, 0.25) is 10.0 Å². The fourth-order valence-electron chi connectivity index (χ4n) is 2.84. The van der Waals surface area contributed by atoms with Gasteiger partial charge in [0.05, 0.1) is 13.6 Å². The van der Waals surface area contributed by atoms with Crippen LogP contribution in [-0.4, -0.2) is 49.7 Å². The van der Waals surface area contributed by atoms with Crippen LogP contribution in [0.3, 0.4) is 0 Å². The highest BCUT2D eigenvalue weighted by Gasteiger charge is 2.31. The number of piperazine rings is 1. The first-order valence-corrected chi connectivity index (χ1v) is 11.0. The lowest BCUT2D eigenvalue weighted by Crippen LogP contribution is -2.50. The summed E-state index contributed by atoms with van der Waals surface area (Å²) in [7, 11) is -3.53. The molecule has 25 heavy (non-hydrogen) atoms. The molecule has 1 fully saturated rings. The van der Waals surface area contributed by atoms with Crippen LogP contribution >= 0.6 is 27.3 Å². The first-order valence-electron chi connectivity index (χ1n) is 7.91. The van der Waals surface area contributed by atoms with E-state index in [1.54, 1.807) is 24.0 Å². The van der Waals surface area contributed by atoms with E-state index in [4.69, 9.17) is 0 Å². The number of hydrogen-bond acceptors (Lipinski definition) is 4. The van der Waals surface area contributed by atoms with Crippen molar-refractivity contribution in [1.29, 1.82) is 0 Å². The number of carbonyl (C=O) groups excluding carboxylic acids is 1. The molecule has 0 bridgehead atoms. The SMILES string of the molecule is Cc1ccc(C)c(S(=O)(=O)N2CCN(C(=O)c3ccc(Br)s3)CC2)c1. The Kier molecular flexibility index (Phi) is 5.34. The van der Waals surface area contributed by atoms with Gasteiger partial charge in [-0.15, -0.1) is 11.3 Å². The minimum atomic E-state index is -3.53. The van der Waals surface area contributed by atoms with Gasteiger partial charge in [-0.25, -0.2) is 8.42 Å². The highest BCUT2D eigenvalue weighted by Crippen LogP contribution is 2.25. The molecule has 0 atom stereocenters. The molecule has 8 heteroatoms. The Labute approximate surface area is 160 Å². The van der Waals surface area contributed by atoms with Gasteiger partial charge in [-0.2, -0.15) is 4.31 Å². The van der Waals surface area contributed by atoms with Crippen LogP contribution in [0.1, 0.15) is 20.8 Å². The van der Waals surface area contributed by atoms with E-state index in [2.05, 4.69) is 15.9 Å². The number of amides is 1. The summed E-state index contributed by atoms with van der Waals surface area (Å²) in [6.07, 6.45) is 0. The standard InChI is InChI=1S/C17H19BrN2O3S2/c1-12-3-4-13(2)15(11-12)25(22,23)20-9-7-19(8-10-20)17(21)14-5-6-16(18)24-14/h3-6,11H,7-10H2,1-2H3. The van der Waals surface area contributed by atoms with Crippen molar-refractivity contribution in [2.45, 2.75) is 18.7 Å². The maximum absolute atomic E-state index is 12.9. The topological polar surface area (TPSA) is 57.7 Å². The summed E-state index contributed by atoms with van der Waals surface area (Å²) in [6, 6.07) is 9.08. The van der Waals surface area contributed by atoms with E-state index in [-0.39, 0.29) is 5.91 Å². The Morgan fingerprint density at radius 2 is 1.76 bits per heavy atom. The molecule has 0 radical (unpaired) electrons. The molecule has 2 aromatic rings. The molecular formula is C17H19BrN2O3S2. The van der Waals surface area contributed by atoms with Crippen molar-refractivity contribution in [2.24, 2.45) is 0 Å². The molecule has 1 aromatic heterocycles. The zero-order chi connectivity index (χ0) is 18.2. The Hall–Kier alpha value is -1.22. The number of thiophene rings is 1. The summed E-state index contributed by atoms with van der Waals surface area (Å²) in [5, 5.41) is 0. The summed E-state index contributed by atoms with van der Waals surface area (Å²) >= 11 is 4.75. The number of carbonyl (C=O) groups is 1. The Morgan fingerprint density at radius 1 is 1.08 bits per heavy atom. The number of nitrogens with zero attached hydrogens (tertiary/aromatic N) is 2. The summed E-state index contributed by atoms with van der Waals surface area (Å²) in [4.78, 5) is 15.2. The molecule has 0 saturated carbocycles. The van der Waals surface area contributed by atoms with Crippen LogP contribution < -0.4 is 0 Å². The second kappa shape index (κ2) is 7.19. The van der Waals surface area contributed by atoms with Crippen LogP contribution in [0.25, 0.3) is 0 Å². The van der Waals surface area contributed by atoms with Gasteiger partial charge in [0, 0.05) is 26.2 Å². The second-order valence-corrected chi connectivity index (χ2v) is 10.4. The molecule has 2 heterocycles. The van der Waals surface area contributed by atoms with Crippen molar-refractivity contribution in [3.8, 4) is 0 Å². The molecule has 0 N–H and O–H groups in total. The number of aryl methyl sites for hydroxylation is 2. The normalized spacial score (nSPS) is 16.2. The first-order chi connectivity index (χ1) is 11.8. The lowest BCUT2D eigenvalue weighted by Gasteiger charge is -2.34. The fraction of sp³-hybridized carbons (Fsp3) is 0.353. The van der Waals surface area contributed by atoms with E-state index in [1.165, 1.54) is 15.6 Å². The van der Waals surface area contributed by atoms with Crippen molar-refractivity contribution >= 4 is 43.2 Å². The largest absolute Gasteiger partial charge is 0.335 e. The summed E-state index contributed by atoms with van der Waals surface area (Å²) < 4.78 is 28.2. The van der Waals surface area contributed by atoms with Crippen LogP contribution in [-0.2, 0) is 10.0 Å². The molecule has 0 aliphatic carbocycles. The van der Waals surface area contributed by atoms with Crippen LogP contribution in [0.5, 0.6) is 0 Å². The molecule has 1 saturated heterocycles. The molecule has 0 unspecified atom stereocenters. The van der Waals surface area contributed by atoms with E-state index in [0.29, 0.717) is 36.0 Å². The van der Waals surface area contributed by atoms with Gasteiger partial charge in [0.15, 0.2) is 0 Å². The average molecular weight is 443 g/mol. The van der Waals surface area contributed by atoms with Crippen molar-refractivity contribution in [3.63, 3.8) is 0 Å². The van der Waals surface area contributed by atoms with Crippen LogP contribution in [0.2, 0.25) is 0 Å². The Bertz CT molecular complexity index is 900. The quantitative estimate of drug-likeness (QED) is 0.732. The zero-order valence-electron chi connectivity index (χ0n) is 14.0. The molecule has 1 aliphatic heterocycles. The van der Waals surface area contributed by atoms with Crippen LogP contribution in [0, 0.1) is 13.8 Å². The molecular weight excluding hydrogens is 424 g/mol. The minimum absolute atomic E-state index is 0.0421. The van der Waals surface area contributed by atoms with Gasteiger partial charge in [0.1, 0.15) is 0 Å². The third kappa shape index (κ3) is 3.81. The number of halogens is 1. The van der Waals surface area contributed by atoms with Gasteiger partial charge in [-0.3, -0.25) is 4.79 Å². The smallest absolute Gasteiger partial charge is 0.264 e. The van der Waals surface area contributed by atoms with Gasteiger partial charge in [0.25, 0.3) is 5.91 Å².